The van der Waals surface area contributed by atoms with Crippen molar-refractivity contribution in [3.05, 3.63) is 0 Å². The summed E-state index contributed by atoms with van der Waals surface area (Å²) in [4.78, 5) is 21.5. The van der Waals surface area contributed by atoms with Crippen LogP contribution in [-0.2, 0) is 14.3 Å². The maximum atomic E-state index is 10.8. The fraction of sp³-hybridized carbons (Fsp3) is 0.778. The largest absolute Gasteiger partial charge is 0.466 e. The van der Waals surface area contributed by atoms with E-state index < -0.39 is 5.97 Å². The van der Waals surface area contributed by atoms with E-state index in [2.05, 4.69) is 14.0 Å². The van der Waals surface area contributed by atoms with Crippen molar-refractivity contribution in [2.75, 3.05) is 13.3 Å². The number of hydrogen-bond acceptors (Lipinski definition) is 3. The van der Waals surface area contributed by atoms with Crippen LogP contribution in [0.25, 0.3) is 0 Å². The number of esters is 1. The predicted molar refractivity (Wildman–Crippen MR) is 56.8 cm³/mol. The van der Waals surface area contributed by atoms with Crippen molar-refractivity contribution in [2.24, 2.45) is 0 Å². The maximum Gasteiger partial charge on any atom is 0.313 e. The van der Waals surface area contributed by atoms with Gasteiger partial charge in [0.1, 0.15) is 12.2 Å². The highest BCUT2D eigenvalue weighted by molar-refractivity contribution is 7.15. The maximum absolute atomic E-state index is 10.8. The molecule has 13 heavy (non-hydrogen) atoms. The molecule has 0 fully saturated rings. The molecule has 0 heterocycles. The SMILES string of the molecule is CCCC(=O)CC(=O)OCC.CP. The second-order valence-corrected chi connectivity index (χ2v) is 2.27. The fourth-order valence-electron chi connectivity index (χ4n) is 0.740. The summed E-state index contributed by atoms with van der Waals surface area (Å²) >= 11 is 0. The molecule has 0 rings (SSSR count). The molecule has 0 radical (unpaired) electrons. The predicted octanol–water partition coefficient (Wildman–Crippen LogP) is 1.80. The first-order valence-electron chi connectivity index (χ1n) is 4.45. The Morgan fingerprint density at radius 2 is 1.77 bits per heavy atom. The molecule has 0 aliphatic carbocycles. The van der Waals surface area contributed by atoms with Crippen LogP contribution in [0.1, 0.15) is 33.1 Å². The lowest BCUT2D eigenvalue weighted by atomic mass is 10.2. The van der Waals surface area contributed by atoms with E-state index in [4.69, 9.17) is 0 Å². The summed E-state index contributed by atoms with van der Waals surface area (Å²) in [5, 5.41) is 0. The van der Waals surface area contributed by atoms with Crippen LogP contribution in [0, 0.1) is 0 Å². The normalized spacial score (nSPS) is 8.31. The minimum atomic E-state index is -0.411. The van der Waals surface area contributed by atoms with E-state index in [1.54, 1.807) is 6.92 Å². The average Bonchev–Trinajstić information content (AvgIpc) is 2.08. The van der Waals surface area contributed by atoms with Gasteiger partial charge in [-0.2, -0.15) is 0 Å². The first-order valence-corrected chi connectivity index (χ1v) is 5.61. The third-order valence-electron chi connectivity index (χ3n) is 1.18. The third kappa shape index (κ3) is 11.6. The third-order valence-corrected chi connectivity index (χ3v) is 1.18. The number of rotatable bonds is 5. The molecule has 0 amide bonds. The van der Waals surface area contributed by atoms with Crippen LogP contribution in [0.3, 0.4) is 0 Å². The molecule has 78 valence electrons. The van der Waals surface area contributed by atoms with Gasteiger partial charge in [0.05, 0.1) is 6.61 Å². The highest BCUT2D eigenvalue weighted by Crippen LogP contribution is 1.95. The Kier molecular flexibility index (Phi) is 13.4. The molecule has 0 saturated carbocycles. The molecule has 0 aromatic carbocycles. The van der Waals surface area contributed by atoms with Crippen molar-refractivity contribution in [1.29, 1.82) is 0 Å². The van der Waals surface area contributed by atoms with Gasteiger partial charge < -0.3 is 4.74 Å². The smallest absolute Gasteiger partial charge is 0.313 e. The first kappa shape index (κ1) is 15.1. The Morgan fingerprint density at radius 1 is 1.23 bits per heavy atom. The van der Waals surface area contributed by atoms with Crippen molar-refractivity contribution in [1.82, 2.24) is 0 Å². The number of ketones is 1. The molecular weight excluding hydrogens is 187 g/mol. The summed E-state index contributed by atoms with van der Waals surface area (Å²) in [6.07, 6.45) is 1.19. The molecule has 0 bridgehead atoms. The average molecular weight is 206 g/mol. The topological polar surface area (TPSA) is 43.4 Å². The molecule has 0 aliphatic heterocycles. The summed E-state index contributed by atoms with van der Waals surface area (Å²) in [5.74, 6) is -0.447. The summed E-state index contributed by atoms with van der Waals surface area (Å²) < 4.78 is 4.60. The van der Waals surface area contributed by atoms with Crippen molar-refractivity contribution in [2.45, 2.75) is 33.1 Å². The zero-order valence-electron chi connectivity index (χ0n) is 8.63. The zero-order valence-corrected chi connectivity index (χ0v) is 9.79. The summed E-state index contributed by atoms with van der Waals surface area (Å²) in [6.45, 7) is 5.89. The number of Topliss-reactive ketones (excluding diaryl/α,β-unsaturated/α-hetero) is 1. The van der Waals surface area contributed by atoms with Crippen LogP contribution in [0.4, 0.5) is 0 Å². The van der Waals surface area contributed by atoms with E-state index in [1.165, 1.54) is 0 Å². The molecule has 0 aromatic heterocycles. The first-order chi connectivity index (χ1) is 6.20. The van der Waals surface area contributed by atoms with E-state index in [-0.39, 0.29) is 12.2 Å². The fourth-order valence-corrected chi connectivity index (χ4v) is 0.740. The van der Waals surface area contributed by atoms with Crippen molar-refractivity contribution >= 4 is 21.0 Å². The molecule has 0 spiro atoms. The van der Waals surface area contributed by atoms with Crippen molar-refractivity contribution in [3.8, 4) is 0 Å². The molecule has 4 heteroatoms. The van der Waals surface area contributed by atoms with Crippen LogP contribution < -0.4 is 0 Å². The summed E-state index contributed by atoms with van der Waals surface area (Å²) in [5.41, 5.74) is 0. The minimum Gasteiger partial charge on any atom is -0.466 e. The summed E-state index contributed by atoms with van der Waals surface area (Å²) in [6, 6.07) is 0. The Morgan fingerprint density at radius 3 is 2.15 bits per heavy atom. The zero-order chi connectivity index (χ0) is 10.7. The number of hydrogen-bond donors (Lipinski definition) is 0. The second-order valence-electron chi connectivity index (χ2n) is 2.27. The lowest BCUT2D eigenvalue weighted by molar-refractivity contribution is -0.145. The second kappa shape index (κ2) is 11.6. The quantitative estimate of drug-likeness (QED) is 0.391. The van der Waals surface area contributed by atoms with Crippen LogP contribution in [-0.4, -0.2) is 25.0 Å². The molecule has 1 atom stereocenters. The van der Waals surface area contributed by atoms with Crippen LogP contribution >= 0.6 is 9.24 Å². The molecular formula is C9H19O3P. The monoisotopic (exact) mass is 206 g/mol. The van der Waals surface area contributed by atoms with E-state index in [1.807, 2.05) is 13.6 Å². The van der Waals surface area contributed by atoms with E-state index >= 15 is 0 Å². The summed E-state index contributed by atoms with van der Waals surface area (Å²) in [7, 11) is 2.42. The van der Waals surface area contributed by atoms with E-state index in [0.29, 0.717) is 13.0 Å². The Balaban J connectivity index is 0. The van der Waals surface area contributed by atoms with Crippen molar-refractivity contribution < 1.29 is 14.3 Å². The van der Waals surface area contributed by atoms with Gasteiger partial charge in [-0.3, -0.25) is 9.59 Å². The Hall–Kier alpha value is -0.430. The molecule has 0 aromatic rings. The molecule has 1 unspecified atom stereocenters. The lowest BCUT2D eigenvalue weighted by Gasteiger charge is -1.98. The molecule has 0 N–H and O–H groups in total. The van der Waals surface area contributed by atoms with Crippen LogP contribution in [0.2, 0.25) is 0 Å². The van der Waals surface area contributed by atoms with Gasteiger partial charge in [-0.1, -0.05) is 13.6 Å². The van der Waals surface area contributed by atoms with Gasteiger partial charge in [-0.25, -0.2) is 0 Å². The van der Waals surface area contributed by atoms with Gasteiger partial charge >= 0.3 is 5.97 Å². The van der Waals surface area contributed by atoms with Gasteiger partial charge in [0.15, 0.2) is 0 Å². The minimum absolute atomic E-state index is 0.0362. The van der Waals surface area contributed by atoms with Gasteiger partial charge in [0.2, 0.25) is 0 Å². The van der Waals surface area contributed by atoms with Crippen LogP contribution in [0.15, 0.2) is 0 Å². The highest BCUT2D eigenvalue weighted by Gasteiger charge is 2.07. The molecule has 0 saturated heterocycles. The lowest BCUT2D eigenvalue weighted by Crippen LogP contribution is -2.10. The molecule has 0 aliphatic rings. The number of carbonyl (C=O) groups excluding carboxylic acids is 2. The van der Waals surface area contributed by atoms with E-state index in [9.17, 15) is 9.59 Å². The van der Waals surface area contributed by atoms with Crippen molar-refractivity contribution in [3.63, 3.8) is 0 Å². The highest BCUT2D eigenvalue weighted by atomic mass is 31.0. The van der Waals surface area contributed by atoms with Crippen LogP contribution in [0.5, 0.6) is 0 Å². The van der Waals surface area contributed by atoms with Gasteiger partial charge in [0, 0.05) is 6.42 Å². The Bertz CT molecular complexity index is 130. The molecule has 3 nitrogen and oxygen atoms in total. The van der Waals surface area contributed by atoms with Gasteiger partial charge in [0.25, 0.3) is 0 Å². The Labute approximate surface area is 82.4 Å². The standard InChI is InChI=1S/C8H14O3.CH5P/c1-3-5-7(9)6-8(10)11-4-2;1-2/h3-6H2,1-2H3;2H2,1H3. The number of carbonyl (C=O) groups is 2. The van der Waals surface area contributed by atoms with Gasteiger partial charge in [-0.05, 0) is 13.3 Å². The van der Waals surface area contributed by atoms with Gasteiger partial charge in [-0.15, -0.1) is 9.24 Å². The number of ether oxygens (including phenoxy) is 1. The van der Waals surface area contributed by atoms with E-state index in [0.717, 1.165) is 6.42 Å².